The Morgan fingerprint density at radius 1 is 0.900 bits per heavy atom. The van der Waals surface area contributed by atoms with Gasteiger partial charge in [-0.25, -0.2) is 8.42 Å². The minimum Gasteiger partial charge on any atom is -0.480 e. The van der Waals surface area contributed by atoms with Gasteiger partial charge < -0.3 is 5.11 Å². The molecule has 1 aliphatic heterocycles. The van der Waals surface area contributed by atoms with E-state index >= 15 is 0 Å². The van der Waals surface area contributed by atoms with Gasteiger partial charge in [0, 0.05) is 6.54 Å². The number of rotatable bonds is 6. The van der Waals surface area contributed by atoms with Crippen LogP contribution in [0.2, 0.25) is 0 Å². The van der Waals surface area contributed by atoms with Gasteiger partial charge in [-0.3, -0.25) is 4.79 Å². The zero-order chi connectivity index (χ0) is 21.1. The molecule has 3 aromatic carbocycles. The van der Waals surface area contributed by atoms with Crippen LogP contribution in [0.4, 0.5) is 0 Å². The Morgan fingerprint density at radius 3 is 2.23 bits per heavy atom. The Kier molecular flexibility index (Phi) is 5.70. The molecule has 0 saturated carbocycles. The van der Waals surface area contributed by atoms with Crippen LogP contribution < -0.4 is 0 Å². The van der Waals surface area contributed by atoms with Crippen molar-refractivity contribution in [3.8, 4) is 11.1 Å². The predicted octanol–water partition coefficient (Wildman–Crippen LogP) is 3.91. The summed E-state index contributed by atoms with van der Waals surface area (Å²) in [6.07, 6.45) is 0.854. The second-order valence-corrected chi connectivity index (χ2v) is 9.47. The van der Waals surface area contributed by atoms with Gasteiger partial charge in [0.1, 0.15) is 6.04 Å². The van der Waals surface area contributed by atoms with Crippen molar-refractivity contribution in [3.05, 3.63) is 95.6 Å². The molecule has 3 aromatic rings. The van der Waals surface area contributed by atoms with Crippen LogP contribution in [-0.2, 0) is 27.7 Å². The molecule has 0 spiro atoms. The Morgan fingerprint density at radius 2 is 1.53 bits per heavy atom. The van der Waals surface area contributed by atoms with Crippen molar-refractivity contribution < 1.29 is 18.3 Å². The molecule has 5 nitrogen and oxygen atoms in total. The van der Waals surface area contributed by atoms with Gasteiger partial charge in [-0.1, -0.05) is 78.9 Å². The van der Waals surface area contributed by atoms with E-state index in [1.807, 2.05) is 66.7 Å². The van der Waals surface area contributed by atoms with Crippen molar-refractivity contribution in [2.75, 3.05) is 12.3 Å². The van der Waals surface area contributed by atoms with E-state index in [4.69, 9.17) is 0 Å². The van der Waals surface area contributed by atoms with Crippen molar-refractivity contribution in [1.82, 2.24) is 4.31 Å². The zero-order valence-corrected chi connectivity index (χ0v) is 17.3. The molecule has 1 heterocycles. The largest absolute Gasteiger partial charge is 0.480 e. The molecule has 0 fully saturated rings. The van der Waals surface area contributed by atoms with Gasteiger partial charge >= 0.3 is 5.97 Å². The quantitative estimate of drug-likeness (QED) is 0.655. The topological polar surface area (TPSA) is 74.7 Å². The van der Waals surface area contributed by atoms with Crippen LogP contribution in [0.3, 0.4) is 0 Å². The van der Waals surface area contributed by atoms with Crippen LogP contribution in [0.5, 0.6) is 0 Å². The van der Waals surface area contributed by atoms with Crippen LogP contribution in [-0.4, -0.2) is 36.1 Å². The molecule has 0 amide bonds. The third-order valence-corrected chi connectivity index (χ3v) is 7.37. The Bertz CT molecular complexity index is 1140. The SMILES string of the molecule is O=C(O)C1c2ccccc2CCN1S(=O)(=O)CCc1ccc(-c2ccccc2)cc1. The summed E-state index contributed by atoms with van der Waals surface area (Å²) in [6, 6.07) is 23.8. The van der Waals surface area contributed by atoms with Gasteiger partial charge in [0.05, 0.1) is 5.75 Å². The van der Waals surface area contributed by atoms with Crippen LogP contribution in [0, 0.1) is 0 Å². The number of hydrogen-bond acceptors (Lipinski definition) is 3. The Hall–Kier alpha value is -2.96. The smallest absolute Gasteiger partial charge is 0.326 e. The van der Waals surface area contributed by atoms with Crippen molar-refractivity contribution in [2.45, 2.75) is 18.9 Å². The first kappa shape index (κ1) is 20.3. The molecule has 1 aliphatic rings. The lowest BCUT2D eigenvalue weighted by molar-refractivity contribution is -0.142. The van der Waals surface area contributed by atoms with E-state index < -0.39 is 22.0 Å². The van der Waals surface area contributed by atoms with E-state index in [1.165, 1.54) is 0 Å². The van der Waals surface area contributed by atoms with Crippen molar-refractivity contribution in [3.63, 3.8) is 0 Å². The molecular weight excluding hydrogens is 398 g/mol. The van der Waals surface area contributed by atoms with Gasteiger partial charge in [0.25, 0.3) is 0 Å². The summed E-state index contributed by atoms with van der Waals surface area (Å²) in [7, 11) is -3.73. The Balaban J connectivity index is 1.50. The molecule has 154 valence electrons. The van der Waals surface area contributed by atoms with Crippen molar-refractivity contribution >= 4 is 16.0 Å². The molecule has 0 bridgehead atoms. The molecule has 1 unspecified atom stereocenters. The summed E-state index contributed by atoms with van der Waals surface area (Å²) in [6.45, 7) is 0.184. The fraction of sp³-hybridized carbons (Fsp3) is 0.208. The summed E-state index contributed by atoms with van der Waals surface area (Å²) < 4.78 is 27.2. The van der Waals surface area contributed by atoms with E-state index in [0.717, 1.165) is 26.6 Å². The van der Waals surface area contributed by atoms with Gasteiger partial charge in [-0.15, -0.1) is 0 Å². The molecule has 0 radical (unpaired) electrons. The number of aryl methyl sites for hydroxylation is 1. The van der Waals surface area contributed by atoms with Gasteiger partial charge in [0.15, 0.2) is 0 Å². The molecule has 0 aliphatic carbocycles. The van der Waals surface area contributed by atoms with E-state index in [1.54, 1.807) is 12.1 Å². The number of aliphatic carboxylic acids is 1. The first-order valence-electron chi connectivity index (χ1n) is 9.90. The van der Waals surface area contributed by atoms with E-state index in [-0.39, 0.29) is 12.3 Å². The molecular formula is C24H23NO4S. The normalized spacial score (nSPS) is 16.7. The van der Waals surface area contributed by atoms with Crippen LogP contribution in [0.25, 0.3) is 11.1 Å². The van der Waals surface area contributed by atoms with Crippen LogP contribution in [0.15, 0.2) is 78.9 Å². The molecule has 0 aromatic heterocycles. The highest BCUT2D eigenvalue weighted by molar-refractivity contribution is 7.89. The van der Waals surface area contributed by atoms with E-state index in [2.05, 4.69) is 0 Å². The summed E-state index contributed by atoms with van der Waals surface area (Å²) in [4.78, 5) is 11.9. The maximum absolute atomic E-state index is 13.0. The van der Waals surface area contributed by atoms with Gasteiger partial charge in [0.2, 0.25) is 10.0 Å². The highest BCUT2D eigenvalue weighted by Crippen LogP contribution is 2.32. The highest BCUT2D eigenvalue weighted by Gasteiger charge is 2.39. The number of carbonyl (C=O) groups is 1. The van der Waals surface area contributed by atoms with Crippen molar-refractivity contribution in [1.29, 1.82) is 0 Å². The molecule has 0 saturated heterocycles. The van der Waals surface area contributed by atoms with E-state index in [0.29, 0.717) is 18.4 Å². The monoisotopic (exact) mass is 421 g/mol. The minimum atomic E-state index is -3.73. The number of hydrogen-bond donors (Lipinski definition) is 1. The number of carboxylic acids is 1. The summed E-state index contributed by atoms with van der Waals surface area (Å²) in [5.74, 6) is -1.26. The standard InChI is InChI=1S/C24H23NO4S/c26-24(27)23-22-9-5-4-8-21(22)14-16-25(23)30(28,29)17-15-18-10-12-20(13-11-18)19-6-2-1-3-7-19/h1-13,23H,14-17H2,(H,26,27). The second kappa shape index (κ2) is 8.42. The lowest BCUT2D eigenvalue weighted by atomic mass is 9.94. The summed E-state index contributed by atoms with van der Waals surface area (Å²) >= 11 is 0. The maximum atomic E-state index is 13.0. The second-order valence-electron chi connectivity index (χ2n) is 7.43. The molecule has 4 rings (SSSR count). The molecule has 1 N–H and O–H groups in total. The average molecular weight is 422 g/mol. The molecule has 30 heavy (non-hydrogen) atoms. The minimum absolute atomic E-state index is 0.121. The van der Waals surface area contributed by atoms with Crippen molar-refractivity contribution in [2.24, 2.45) is 0 Å². The van der Waals surface area contributed by atoms with Crippen LogP contribution in [0.1, 0.15) is 22.7 Å². The van der Waals surface area contributed by atoms with Gasteiger partial charge in [-0.2, -0.15) is 4.31 Å². The fourth-order valence-corrected chi connectivity index (χ4v) is 5.58. The highest BCUT2D eigenvalue weighted by atomic mass is 32.2. The fourth-order valence-electron chi connectivity index (χ4n) is 3.96. The number of benzene rings is 3. The number of carboxylic acid groups (broad SMARTS) is 1. The third-order valence-electron chi connectivity index (χ3n) is 5.54. The third kappa shape index (κ3) is 4.15. The van der Waals surface area contributed by atoms with Crippen LogP contribution >= 0.6 is 0 Å². The van der Waals surface area contributed by atoms with E-state index in [9.17, 15) is 18.3 Å². The molecule has 6 heteroatoms. The molecule has 1 atom stereocenters. The first-order chi connectivity index (χ1) is 14.5. The number of fused-ring (bicyclic) bond motifs is 1. The predicted molar refractivity (Wildman–Crippen MR) is 117 cm³/mol. The zero-order valence-electron chi connectivity index (χ0n) is 16.4. The maximum Gasteiger partial charge on any atom is 0.326 e. The average Bonchev–Trinajstić information content (AvgIpc) is 2.77. The van der Waals surface area contributed by atoms with Gasteiger partial charge in [-0.05, 0) is 40.7 Å². The number of sulfonamides is 1. The number of nitrogens with zero attached hydrogens (tertiary/aromatic N) is 1. The lowest BCUT2D eigenvalue weighted by Gasteiger charge is -2.33. The lowest BCUT2D eigenvalue weighted by Crippen LogP contribution is -2.44. The summed E-state index contributed by atoms with van der Waals surface area (Å²) in [5.41, 5.74) is 4.54. The first-order valence-corrected chi connectivity index (χ1v) is 11.5. The summed E-state index contributed by atoms with van der Waals surface area (Å²) in [5, 5.41) is 9.74. The Labute approximate surface area is 176 Å².